The van der Waals surface area contributed by atoms with Crippen LogP contribution in [0.25, 0.3) is 0 Å². The Morgan fingerprint density at radius 1 is 1.06 bits per heavy atom. The van der Waals surface area contributed by atoms with Crippen LogP contribution in [0, 0.1) is 5.41 Å². The zero-order valence-corrected chi connectivity index (χ0v) is 13.0. The van der Waals surface area contributed by atoms with Crippen molar-refractivity contribution in [3.63, 3.8) is 0 Å². The van der Waals surface area contributed by atoms with Gasteiger partial charge in [0.2, 0.25) is 0 Å². The molecule has 0 aromatic carbocycles. The molecule has 0 N–H and O–H groups in total. The molecular formula is C15H30O3. The highest BCUT2D eigenvalue weighted by Gasteiger charge is 2.16. The maximum absolute atomic E-state index is 11.4. The van der Waals surface area contributed by atoms with Gasteiger partial charge in [-0.1, -0.05) is 27.2 Å². The van der Waals surface area contributed by atoms with Gasteiger partial charge in [0.15, 0.2) is 0 Å². The average molecular weight is 258 g/mol. The van der Waals surface area contributed by atoms with Crippen molar-refractivity contribution in [1.29, 1.82) is 0 Å². The average Bonchev–Trinajstić information content (AvgIpc) is 2.20. The third-order valence-electron chi connectivity index (χ3n) is 2.97. The van der Waals surface area contributed by atoms with Crippen LogP contribution in [0.4, 0.5) is 0 Å². The summed E-state index contributed by atoms with van der Waals surface area (Å²) in [4.78, 5) is 11.4. The maximum Gasteiger partial charge on any atom is 0.306 e. The lowest BCUT2D eigenvalue weighted by molar-refractivity contribution is -0.155. The van der Waals surface area contributed by atoms with Crippen LogP contribution >= 0.6 is 0 Å². The molecule has 0 saturated carbocycles. The van der Waals surface area contributed by atoms with Crippen molar-refractivity contribution in [2.75, 3.05) is 13.2 Å². The Hall–Kier alpha value is -0.570. The Morgan fingerprint density at radius 2 is 1.67 bits per heavy atom. The Morgan fingerprint density at radius 3 is 2.17 bits per heavy atom. The maximum atomic E-state index is 11.4. The van der Waals surface area contributed by atoms with Crippen LogP contribution in [-0.2, 0) is 14.3 Å². The van der Waals surface area contributed by atoms with E-state index in [1.165, 1.54) is 0 Å². The molecule has 0 atom stereocenters. The van der Waals surface area contributed by atoms with E-state index in [-0.39, 0.29) is 11.6 Å². The lowest BCUT2D eigenvalue weighted by Gasteiger charge is -2.22. The van der Waals surface area contributed by atoms with Gasteiger partial charge < -0.3 is 9.47 Å². The summed E-state index contributed by atoms with van der Waals surface area (Å²) in [5, 5.41) is 0. The van der Waals surface area contributed by atoms with Gasteiger partial charge in [0.05, 0.1) is 0 Å². The zero-order valence-electron chi connectivity index (χ0n) is 13.0. The van der Waals surface area contributed by atoms with E-state index in [1.807, 2.05) is 20.8 Å². The van der Waals surface area contributed by atoms with Crippen molar-refractivity contribution < 1.29 is 14.3 Å². The quantitative estimate of drug-likeness (QED) is 0.488. The van der Waals surface area contributed by atoms with Crippen LogP contribution in [0.2, 0.25) is 0 Å². The lowest BCUT2D eigenvalue weighted by atomic mass is 9.87. The first kappa shape index (κ1) is 17.4. The monoisotopic (exact) mass is 258 g/mol. The molecule has 0 spiro atoms. The topological polar surface area (TPSA) is 35.5 Å². The smallest absolute Gasteiger partial charge is 0.306 e. The first-order chi connectivity index (χ1) is 8.16. The molecule has 0 bridgehead atoms. The molecule has 18 heavy (non-hydrogen) atoms. The molecule has 108 valence electrons. The third kappa shape index (κ3) is 10.6. The van der Waals surface area contributed by atoms with E-state index >= 15 is 0 Å². The van der Waals surface area contributed by atoms with Crippen LogP contribution in [0.5, 0.6) is 0 Å². The molecular weight excluding hydrogens is 228 g/mol. The summed E-state index contributed by atoms with van der Waals surface area (Å²) < 4.78 is 10.8. The van der Waals surface area contributed by atoms with Gasteiger partial charge in [-0.3, -0.25) is 4.79 Å². The predicted molar refractivity (Wildman–Crippen MR) is 74.6 cm³/mol. The summed E-state index contributed by atoms with van der Waals surface area (Å²) in [7, 11) is 0. The van der Waals surface area contributed by atoms with Gasteiger partial charge in [0.25, 0.3) is 0 Å². The van der Waals surface area contributed by atoms with Gasteiger partial charge in [-0.05, 0) is 39.0 Å². The van der Waals surface area contributed by atoms with Gasteiger partial charge in [-0.2, -0.15) is 0 Å². The molecule has 0 heterocycles. The summed E-state index contributed by atoms with van der Waals surface area (Å²) in [6, 6.07) is 0. The Balaban J connectivity index is 3.49. The summed E-state index contributed by atoms with van der Waals surface area (Å²) in [6.45, 7) is 13.8. The fourth-order valence-corrected chi connectivity index (χ4v) is 1.34. The van der Waals surface area contributed by atoms with E-state index in [1.54, 1.807) is 0 Å². The first-order valence-electron chi connectivity index (χ1n) is 6.96. The number of ether oxygens (including phenoxy) is 2. The number of esters is 1. The highest BCUT2D eigenvalue weighted by Crippen LogP contribution is 2.23. The van der Waals surface area contributed by atoms with Crippen LogP contribution in [0.1, 0.15) is 67.2 Å². The number of carbonyl (C=O) groups is 1. The fraction of sp³-hybridized carbons (Fsp3) is 0.933. The van der Waals surface area contributed by atoms with E-state index in [0.717, 1.165) is 25.9 Å². The van der Waals surface area contributed by atoms with Gasteiger partial charge in [-0.25, -0.2) is 0 Å². The molecule has 0 fully saturated rings. The summed E-state index contributed by atoms with van der Waals surface area (Å²) >= 11 is 0. The van der Waals surface area contributed by atoms with Crippen LogP contribution in [-0.4, -0.2) is 24.8 Å². The molecule has 0 radical (unpaired) electrons. The number of carbonyl (C=O) groups excluding carboxylic acids is 1. The molecule has 0 aliphatic heterocycles. The highest BCUT2D eigenvalue weighted by atomic mass is 16.6. The fourth-order valence-electron chi connectivity index (χ4n) is 1.34. The van der Waals surface area contributed by atoms with Gasteiger partial charge in [0.1, 0.15) is 5.60 Å². The van der Waals surface area contributed by atoms with Crippen molar-refractivity contribution in [1.82, 2.24) is 0 Å². The second-order valence-corrected chi connectivity index (χ2v) is 6.57. The van der Waals surface area contributed by atoms with Crippen molar-refractivity contribution in [2.45, 2.75) is 72.8 Å². The Labute approximate surface area is 112 Å². The molecule has 3 nitrogen and oxygen atoms in total. The highest BCUT2D eigenvalue weighted by molar-refractivity contribution is 5.69. The largest absolute Gasteiger partial charge is 0.460 e. The number of hydrogen-bond donors (Lipinski definition) is 0. The van der Waals surface area contributed by atoms with E-state index in [9.17, 15) is 4.79 Å². The minimum Gasteiger partial charge on any atom is -0.460 e. The zero-order chi connectivity index (χ0) is 14.2. The number of rotatable bonds is 8. The van der Waals surface area contributed by atoms with E-state index in [0.29, 0.717) is 18.4 Å². The molecule has 0 aliphatic carbocycles. The molecule has 3 heteroatoms. The standard InChI is InChI=1S/C15H30O3/c1-7-15(5,6)10-12-17-11-8-9-13(16)18-14(2,3)4/h7-12H2,1-6H3. The predicted octanol–water partition coefficient (Wildman–Crippen LogP) is 3.95. The Bertz CT molecular complexity index is 239. The van der Waals surface area contributed by atoms with E-state index in [2.05, 4.69) is 20.8 Å². The van der Waals surface area contributed by atoms with Crippen molar-refractivity contribution in [2.24, 2.45) is 5.41 Å². The van der Waals surface area contributed by atoms with Gasteiger partial charge in [0, 0.05) is 19.6 Å². The molecule has 0 amide bonds. The second-order valence-electron chi connectivity index (χ2n) is 6.57. The van der Waals surface area contributed by atoms with Crippen LogP contribution in [0.3, 0.4) is 0 Å². The third-order valence-corrected chi connectivity index (χ3v) is 2.97. The normalized spacial score (nSPS) is 12.6. The second kappa shape index (κ2) is 7.78. The Kier molecular flexibility index (Phi) is 7.53. The van der Waals surface area contributed by atoms with Crippen molar-refractivity contribution >= 4 is 5.97 Å². The van der Waals surface area contributed by atoms with Crippen LogP contribution in [0.15, 0.2) is 0 Å². The van der Waals surface area contributed by atoms with Gasteiger partial charge in [-0.15, -0.1) is 0 Å². The molecule has 0 aromatic heterocycles. The van der Waals surface area contributed by atoms with Crippen LogP contribution < -0.4 is 0 Å². The minimum atomic E-state index is -0.386. The molecule has 0 rings (SSSR count). The van der Waals surface area contributed by atoms with Crippen molar-refractivity contribution in [3.05, 3.63) is 0 Å². The van der Waals surface area contributed by atoms with E-state index in [4.69, 9.17) is 9.47 Å². The molecule has 0 aliphatic rings. The van der Waals surface area contributed by atoms with Gasteiger partial charge >= 0.3 is 5.97 Å². The molecule has 0 unspecified atom stereocenters. The minimum absolute atomic E-state index is 0.139. The van der Waals surface area contributed by atoms with Crippen molar-refractivity contribution in [3.8, 4) is 0 Å². The molecule has 0 saturated heterocycles. The summed E-state index contributed by atoms with van der Waals surface area (Å²) in [6.07, 6.45) is 3.40. The SMILES string of the molecule is CCC(C)(C)CCOCCCC(=O)OC(C)(C)C. The first-order valence-corrected chi connectivity index (χ1v) is 6.96. The lowest BCUT2D eigenvalue weighted by Crippen LogP contribution is -2.23. The molecule has 0 aromatic rings. The summed E-state index contributed by atoms with van der Waals surface area (Å²) in [5.74, 6) is -0.139. The summed E-state index contributed by atoms with van der Waals surface area (Å²) in [5.41, 5.74) is -0.0335. The van der Waals surface area contributed by atoms with E-state index < -0.39 is 0 Å². The number of hydrogen-bond acceptors (Lipinski definition) is 3.